The molecule has 39 heavy (non-hydrogen) atoms. The zero-order valence-corrected chi connectivity index (χ0v) is 23.8. The third kappa shape index (κ3) is 7.23. The largest absolute Gasteiger partial charge is 0.354 e. The van der Waals surface area contributed by atoms with Crippen molar-refractivity contribution < 1.29 is 22.4 Å². The molecular weight excluding hydrogens is 517 g/mol. The summed E-state index contributed by atoms with van der Waals surface area (Å²) in [5.74, 6) is -1.37. The van der Waals surface area contributed by atoms with E-state index >= 15 is 0 Å². The number of sulfonamides is 1. The van der Waals surface area contributed by atoms with Crippen LogP contribution < -0.4 is 9.62 Å². The number of hydrogen-bond donors (Lipinski definition) is 1. The fourth-order valence-corrected chi connectivity index (χ4v) is 5.58. The first kappa shape index (κ1) is 29.8. The van der Waals surface area contributed by atoms with E-state index in [-0.39, 0.29) is 22.9 Å². The maximum Gasteiger partial charge on any atom is 0.264 e. The van der Waals surface area contributed by atoms with Gasteiger partial charge in [0.1, 0.15) is 18.4 Å². The van der Waals surface area contributed by atoms with Crippen molar-refractivity contribution in [1.29, 1.82) is 0 Å². The van der Waals surface area contributed by atoms with Gasteiger partial charge in [-0.15, -0.1) is 0 Å². The molecule has 0 bridgehead atoms. The molecule has 3 aromatic rings. The SMILES string of the molecule is Cc1cccc(N(CC(=O)N(Cc2ccccc2F)[C@H](C)C(=O)NCC(C)C)S(=O)(=O)c2ccccc2)c1C. The smallest absolute Gasteiger partial charge is 0.264 e. The Hall–Kier alpha value is -3.72. The molecule has 9 heteroatoms. The molecule has 7 nitrogen and oxygen atoms in total. The van der Waals surface area contributed by atoms with Crippen molar-refractivity contribution in [2.75, 3.05) is 17.4 Å². The average molecular weight is 554 g/mol. The number of halogens is 1. The molecule has 0 saturated carbocycles. The third-order valence-electron chi connectivity index (χ3n) is 6.61. The molecule has 2 amide bonds. The monoisotopic (exact) mass is 553 g/mol. The van der Waals surface area contributed by atoms with E-state index in [1.54, 1.807) is 56.3 Å². The molecule has 0 heterocycles. The second-order valence-corrected chi connectivity index (χ2v) is 11.8. The molecule has 0 saturated heterocycles. The predicted octanol–water partition coefficient (Wildman–Crippen LogP) is 4.83. The van der Waals surface area contributed by atoms with Crippen molar-refractivity contribution in [1.82, 2.24) is 10.2 Å². The predicted molar refractivity (Wildman–Crippen MR) is 151 cm³/mol. The molecule has 3 aromatic carbocycles. The summed E-state index contributed by atoms with van der Waals surface area (Å²) in [7, 11) is -4.16. The Morgan fingerprint density at radius 1 is 0.897 bits per heavy atom. The second-order valence-electron chi connectivity index (χ2n) is 9.97. The summed E-state index contributed by atoms with van der Waals surface area (Å²) in [5, 5.41) is 2.82. The highest BCUT2D eigenvalue weighted by molar-refractivity contribution is 7.92. The standard InChI is InChI=1S/C30H36FN3O4S/c1-21(2)18-32-30(36)24(5)33(19-25-13-9-10-16-27(25)31)29(35)20-34(28-17-11-12-22(3)23(28)4)39(37,38)26-14-7-6-8-15-26/h6-17,21,24H,18-20H2,1-5H3,(H,32,36)/t24-/m1/s1. The molecule has 0 aromatic heterocycles. The number of anilines is 1. The fraction of sp³-hybridized carbons (Fsp3) is 0.333. The van der Waals surface area contributed by atoms with Gasteiger partial charge in [0.05, 0.1) is 10.6 Å². The summed E-state index contributed by atoms with van der Waals surface area (Å²) in [6, 6.07) is 18.1. The third-order valence-corrected chi connectivity index (χ3v) is 8.38. The summed E-state index contributed by atoms with van der Waals surface area (Å²) in [6.45, 7) is 8.74. The quantitative estimate of drug-likeness (QED) is 0.369. The highest BCUT2D eigenvalue weighted by Crippen LogP contribution is 2.29. The van der Waals surface area contributed by atoms with E-state index in [1.165, 1.54) is 29.2 Å². The lowest BCUT2D eigenvalue weighted by atomic mass is 10.1. The van der Waals surface area contributed by atoms with E-state index in [9.17, 15) is 22.4 Å². The maximum atomic E-state index is 14.6. The van der Waals surface area contributed by atoms with Gasteiger partial charge in [0, 0.05) is 18.7 Å². The molecular formula is C30H36FN3O4S. The summed E-state index contributed by atoms with van der Waals surface area (Å²) in [6.07, 6.45) is 0. The number of rotatable bonds is 11. The van der Waals surface area contributed by atoms with Crippen LogP contribution in [0.3, 0.4) is 0 Å². The Morgan fingerprint density at radius 3 is 2.18 bits per heavy atom. The number of nitrogens with zero attached hydrogens (tertiary/aromatic N) is 2. The molecule has 0 unspecified atom stereocenters. The molecule has 1 N–H and O–H groups in total. The first-order valence-electron chi connectivity index (χ1n) is 12.9. The van der Waals surface area contributed by atoms with E-state index in [0.29, 0.717) is 17.8 Å². The van der Waals surface area contributed by atoms with Crippen molar-refractivity contribution in [3.05, 3.63) is 95.3 Å². The lowest BCUT2D eigenvalue weighted by molar-refractivity contribution is -0.139. The average Bonchev–Trinajstić information content (AvgIpc) is 2.91. The van der Waals surface area contributed by atoms with Gasteiger partial charge in [0.25, 0.3) is 10.0 Å². The van der Waals surface area contributed by atoms with E-state index in [1.807, 2.05) is 26.8 Å². The zero-order valence-electron chi connectivity index (χ0n) is 23.0. The van der Waals surface area contributed by atoms with Crippen LogP contribution in [0.15, 0.2) is 77.7 Å². The second kappa shape index (κ2) is 12.9. The van der Waals surface area contributed by atoms with Crippen LogP contribution in [0.25, 0.3) is 0 Å². The lowest BCUT2D eigenvalue weighted by Gasteiger charge is -2.32. The van der Waals surface area contributed by atoms with Gasteiger partial charge in [-0.2, -0.15) is 0 Å². The van der Waals surface area contributed by atoms with Gasteiger partial charge in [0.2, 0.25) is 11.8 Å². The molecule has 0 aliphatic rings. The maximum absolute atomic E-state index is 14.6. The normalized spacial score (nSPS) is 12.2. The number of carbonyl (C=O) groups is 2. The van der Waals surface area contributed by atoms with Crippen molar-refractivity contribution in [2.45, 2.75) is 52.1 Å². The highest BCUT2D eigenvalue weighted by atomic mass is 32.2. The summed E-state index contributed by atoms with van der Waals surface area (Å²) in [4.78, 5) is 28.2. The zero-order chi connectivity index (χ0) is 28.7. The van der Waals surface area contributed by atoms with E-state index in [2.05, 4.69) is 5.32 Å². The van der Waals surface area contributed by atoms with Crippen LogP contribution in [0, 0.1) is 25.6 Å². The van der Waals surface area contributed by atoms with Gasteiger partial charge in [-0.25, -0.2) is 12.8 Å². The topological polar surface area (TPSA) is 86.8 Å². The van der Waals surface area contributed by atoms with Crippen molar-refractivity contribution in [3.63, 3.8) is 0 Å². The first-order chi connectivity index (χ1) is 18.4. The van der Waals surface area contributed by atoms with E-state index < -0.39 is 40.2 Å². The molecule has 208 valence electrons. The number of nitrogens with one attached hydrogen (secondary N) is 1. The van der Waals surface area contributed by atoms with Gasteiger partial charge < -0.3 is 10.2 Å². The highest BCUT2D eigenvalue weighted by Gasteiger charge is 2.33. The number of amides is 2. The minimum absolute atomic E-state index is 0.0297. The Kier molecular flexibility index (Phi) is 9.86. The fourth-order valence-electron chi connectivity index (χ4n) is 4.08. The van der Waals surface area contributed by atoms with Crippen LogP contribution in [0.5, 0.6) is 0 Å². The van der Waals surface area contributed by atoms with Crippen LogP contribution in [0.1, 0.15) is 37.5 Å². The minimum atomic E-state index is -4.16. The van der Waals surface area contributed by atoms with Crippen LogP contribution in [-0.4, -0.2) is 44.3 Å². The summed E-state index contributed by atoms with van der Waals surface area (Å²) < 4.78 is 43.4. The summed E-state index contributed by atoms with van der Waals surface area (Å²) >= 11 is 0. The Bertz CT molecular complexity index is 1410. The summed E-state index contributed by atoms with van der Waals surface area (Å²) in [5.41, 5.74) is 2.14. The Balaban J connectivity index is 2.05. The van der Waals surface area contributed by atoms with Gasteiger partial charge >= 0.3 is 0 Å². The number of benzene rings is 3. The first-order valence-corrected chi connectivity index (χ1v) is 14.3. The van der Waals surface area contributed by atoms with E-state index in [4.69, 9.17) is 0 Å². The lowest BCUT2D eigenvalue weighted by Crippen LogP contribution is -2.51. The van der Waals surface area contributed by atoms with Crippen LogP contribution in [-0.2, 0) is 26.2 Å². The van der Waals surface area contributed by atoms with E-state index in [0.717, 1.165) is 9.87 Å². The molecule has 0 aliphatic carbocycles. The van der Waals surface area contributed by atoms with Crippen molar-refractivity contribution in [3.8, 4) is 0 Å². The van der Waals surface area contributed by atoms with Gasteiger partial charge in [-0.05, 0) is 62.1 Å². The minimum Gasteiger partial charge on any atom is -0.354 e. The van der Waals surface area contributed by atoms with Crippen LogP contribution >= 0.6 is 0 Å². The molecule has 0 radical (unpaired) electrons. The van der Waals surface area contributed by atoms with Gasteiger partial charge in [-0.1, -0.05) is 62.4 Å². The molecule has 0 aliphatic heterocycles. The van der Waals surface area contributed by atoms with Crippen LogP contribution in [0.4, 0.5) is 10.1 Å². The Labute approximate surface area is 230 Å². The van der Waals surface area contributed by atoms with Crippen LogP contribution in [0.2, 0.25) is 0 Å². The van der Waals surface area contributed by atoms with Gasteiger partial charge in [-0.3, -0.25) is 13.9 Å². The molecule has 0 spiro atoms. The molecule has 3 rings (SSSR count). The molecule has 1 atom stereocenters. The number of carbonyl (C=O) groups excluding carboxylic acids is 2. The van der Waals surface area contributed by atoms with Gasteiger partial charge in [0.15, 0.2) is 0 Å². The van der Waals surface area contributed by atoms with Crippen molar-refractivity contribution in [2.24, 2.45) is 5.92 Å². The Morgan fingerprint density at radius 2 is 1.54 bits per heavy atom. The molecule has 0 fully saturated rings. The number of aryl methyl sites for hydroxylation is 1. The number of hydrogen-bond acceptors (Lipinski definition) is 4. The van der Waals surface area contributed by atoms with Crippen molar-refractivity contribution >= 4 is 27.5 Å².